The first-order valence-corrected chi connectivity index (χ1v) is 11.9. The quantitative estimate of drug-likeness (QED) is 0.287. The first kappa shape index (κ1) is 24.2. The predicted octanol–water partition coefficient (Wildman–Crippen LogP) is 5.44. The van der Waals surface area contributed by atoms with Gasteiger partial charge in [0.1, 0.15) is 23.9 Å². The monoisotopic (exact) mass is 493 g/mol. The summed E-state index contributed by atoms with van der Waals surface area (Å²) in [4.78, 5) is 28.0. The van der Waals surface area contributed by atoms with Gasteiger partial charge in [-0.3, -0.25) is 14.9 Å². The summed E-state index contributed by atoms with van der Waals surface area (Å²) < 4.78 is 24.1. The number of aryl methyl sites for hydroxylation is 1. The normalized spacial score (nSPS) is 10.7. The molecular formula is C26H24FN3O4S. The SMILES string of the molecule is CC(=O)NCCCc1ccc(-c2csc(NC(=O)c3ccc(COc4ccc(F)cc4)o3)n2)cc1. The third-order valence-electron chi connectivity index (χ3n) is 5.07. The first-order chi connectivity index (χ1) is 17.0. The molecule has 4 rings (SSSR count). The van der Waals surface area contributed by atoms with Crippen molar-refractivity contribution in [2.24, 2.45) is 0 Å². The van der Waals surface area contributed by atoms with Crippen molar-refractivity contribution >= 4 is 28.3 Å². The van der Waals surface area contributed by atoms with Gasteiger partial charge in [-0.25, -0.2) is 9.37 Å². The molecule has 0 spiro atoms. The molecular weight excluding hydrogens is 469 g/mol. The summed E-state index contributed by atoms with van der Waals surface area (Å²) in [6.45, 7) is 2.28. The van der Waals surface area contributed by atoms with Gasteiger partial charge in [-0.1, -0.05) is 24.3 Å². The van der Waals surface area contributed by atoms with Crippen molar-refractivity contribution in [3.8, 4) is 17.0 Å². The fourth-order valence-corrected chi connectivity index (χ4v) is 4.00. The Hall–Kier alpha value is -3.98. The van der Waals surface area contributed by atoms with Crippen molar-refractivity contribution in [2.45, 2.75) is 26.4 Å². The lowest BCUT2D eigenvalue weighted by Crippen LogP contribution is -2.21. The van der Waals surface area contributed by atoms with Crippen molar-refractivity contribution < 1.29 is 23.1 Å². The summed E-state index contributed by atoms with van der Waals surface area (Å²) >= 11 is 1.33. The summed E-state index contributed by atoms with van der Waals surface area (Å²) in [5.74, 6) is 0.345. The van der Waals surface area contributed by atoms with E-state index in [0.29, 0.717) is 23.2 Å². The van der Waals surface area contributed by atoms with Gasteiger partial charge >= 0.3 is 0 Å². The maximum absolute atomic E-state index is 13.0. The minimum Gasteiger partial charge on any atom is -0.486 e. The second-order valence-electron chi connectivity index (χ2n) is 7.78. The van der Waals surface area contributed by atoms with Crippen LogP contribution in [0.5, 0.6) is 5.75 Å². The fourth-order valence-electron chi connectivity index (χ4n) is 3.28. The van der Waals surface area contributed by atoms with E-state index in [0.717, 1.165) is 24.1 Å². The van der Waals surface area contributed by atoms with Crippen molar-refractivity contribution in [1.82, 2.24) is 10.3 Å². The number of hydrogen-bond acceptors (Lipinski definition) is 6. The Morgan fingerprint density at radius 2 is 1.83 bits per heavy atom. The maximum Gasteiger partial charge on any atom is 0.293 e. The molecule has 7 nitrogen and oxygen atoms in total. The Bertz CT molecular complexity index is 1280. The number of hydrogen-bond donors (Lipinski definition) is 2. The van der Waals surface area contributed by atoms with E-state index < -0.39 is 5.91 Å². The molecule has 0 aliphatic carbocycles. The fraction of sp³-hybridized carbons (Fsp3) is 0.192. The lowest BCUT2D eigenvalue weighted by molar-refractivity contribution is -0.118. The van der Waals surface area contributed by atoms with Crippen molar-refractivity contribution in [1.29, 1.82) is 0 Å². The second kappa shape index (κ2) is 11.4. The van der Waals surface area contributed by atoms with Gasteiger partial charge in [0.05, 0.1) is 5.69 Å². The molecule has 2 N–H and O–H groups in total. The first-order valence-electron chi connectivity index (χ1n) is 11.0. The summed E-state index contributed by atoms with van der Waals surface area (Å²) in [5, 5.41) is 7.89. The van der Waals surface area contributed by atoms with Gasteiger partial charge in [0.15, 0.2) is 10.9 Å². The van der Waals surface area contributed by atoms with Gasteiger partial charge in [-0.15, -0.1) is 11.3 Å². The Morgan fingerprint density at radius 3 is 2.57 bits per heavy atom. The van der Waals surface area contributed by atoms with Crippen molar-refractivity contribution in [2.75, 3.05) is 11.9 Å². The van der Waals surface area contributed by atoms with E-state index in [1.165, 1.54) is 48.1 Å². The van der Waals surface area contributed by atoms with Crippen LogP contribution in [0.1, 0.15) is 35.2 Å². The Kier molecular flexibility index (Phi) is 7.89. The Labute approximate surface area is 206 Å². The molecule has 180 valence electrons. The van der Waals surface area contributed by atoms with E-state index in [-0.39, 0.29) is 24.1 Å². The number of nitrogens with one attached hydrogen (secondary N) is 2. The Morgan fingerprint density at radius 1 is 1.06 bits per heavy atom. The molecule has 2 heterocycles. The molecule has 0 radical (unpaired) electrons. The number of amides is 2. The molecule has 0 unspecified atom stereocenters. The average Bonchev–Trinajstić information content (AvgIpc) is 3.52. The van der Waals surface area contributed by atoms with Crippen LogP contribution in [0.3, 0.4) is 0 Å². The van der Waals surface area contributed by atoms with Gasteiger partial charge in [0.2, 0.25) is 5.91 Å². The number of carbonyl (C=O) groups is 2. The maximum atomic E-state index is 13.0. The van der Waals surface area contributed by atoms with Crippen molar-refractivity contribution in [3.05, 3.63) is 88.9 Å². The second-order valence-corrected chi connectivity index (χ2v) is 8.64. The summed E-state index contributed by atoms with van der Waals surface area (Å²) in [5.41, 5.74) is 2.90. The smallest absolute Gasteiger partial charge is 0.293 e. The van der Waals surface area contributed by atoms with E-state index in [1.807, 2.05) is 29.6 Å². The van der Waals surface area contributed by atoms with E-state index >= 15 is 0 Å². The molecule has 0 saturated carbocycles. The molecule has 0 atom stereocenters. The molecule has 0 aliphatic heterocycles. The topological polar surface area (TPSA) is 93.5 Å². The van der Waals surface area contributed by atoms with Crippen LogP contribution in [-0.2, 0) is 17.8 Å². The predicted molar refractivity (Wildman–Crippen MR) is 132 cm³/mol. The molecule has 0 bridgehead atoms. The Balaban J connectivity index is 1.29. The number of thiazole rings is 1. The number of anilines is 1. The van der Waals surface area contributed by atoms with E-state index in [9.17, 15) is 14.0 Å². The number of furan rings is 1. The highest BCUT2D eigenvalue weighted by molar-refractivity contribution is 7.14. The van der Waals surface area contributed by atoms with Crippen LogP contribution in [0.2, 0.25) is 0 Å². The highest BCUT2D eigenvalue weighted by Crippen LogP contribution is 2.26. The van der Waals surface area contributed by atoms with Crippen LogP contribution in [0.25, 0.3) is 11.3 Å². The average molecular weight is 494 g/mol. The van der Waals surface area contributed by atoms with Crippen molar-refractivity contribution in [3.63, 3.8) is 0 Å². The zero-order chi connectivity index (χ0) is 24.6. The molecule has 0 saturated heterocycles. The van der Waals surface area contributed by atoms with Gasteiger partial charge in [0, 0.05) is 24.4 Å². The molecule has 2 amide bonds. The number of rotatable bonds is 10. The van der Waals surface area contributed by atoms with Gasteiger partial charge < -0.3 is 14.5 Å². The highest BCUT2D eigenvalue weighted by atomic mass is 32.1. The van der Waals surface area contributed by atoms with Crippen LogP contribution in [0.15, 0.2) is 70.5 Å². The number of carbonyl (C=O) groups excluding carboxylic acids is 2. The minimum absolute atomic E-state index is 0.0184. The van der Waals surface area contributed by atoms with Crippen LogP contribution >= 0.6 is 11.3 Å². The van der Waals surface area contributed by atoms with Gasteiger partial charge in [-0.2, -0.15) is 0 Å². The number of halogens is 1. The van der Waals surface area contributed by atoms with Crippen LogP contribution in [0, 0.1) is 5.82 Å². The molecule has 2 aromatic heterocycles. The minimum atomic E-state index is -0.409. The van der Waals surface area contributed by atoms with Crippen LogP contribution in [0.4, 0.5) is 9.52 Å². The molecule has 4 aromatic rings. The molecule has 35 heavy (non-hydrogen) atoms. The van der Waals surface area contributed by atoms with Crippen LogP contribution < -0.4 is 15.4 Å². The third kappa shape index (κ3) is 7.00. The molecule has 9 heteroatoms. The van der Waals surface area contributed by atoms with Gasteiger partial charge in [0.25, 0.3) is 5.91 Å². The zero-order valence-corrected chi connectivity index (χ0v) is 19.9. The largest absolute Gasteiger partial charge is 0.486 e. The highest BCUT2D eigenvalue weighted by Gasteiger charge is 2.14. The molecule has 2 aromatic carbocycles. The van der Waals surface area contributed by atoms with Gasteiger partial charge in [-0.05, 0) is 54.8 Å². The number of aromatic nitrogens is 1. The molecule has 0 aliphatic rings. The summed E-state index contributed by atoms with van der Waals surface area (Å²) in [7, 11) is 0. The lowest BCUT2D eigenvalue weighted by atomic mass is 10.1. The van der Waals surface area contributed by atoms with E-state index in [2.05, 4.69) is 15.6 Å². The van der Waals surface area contributed by atoms with E-state index in [1.54, 1.807) is 12.1 Å². The number of nitrogens with zero attached hydrogens (tertiary/aromatic N) is 1. The third-order valence-corrected chi connectivity index (χ3v) is 5.83. The number of ether oxygens (including phenoxy) is 1. The standard InChI is InChI=1S/C26H24FN3O4S/c1-17(31)28-14-2-3-18-4-6-19(7-5-18)23-16-35-26(29-23)30-25(32)24-13-12-22(34-24)15-33-21-10-8-20(27)9-11-21/h4-13,16H,2-3,14-15H2,1H3,(H,28,31)(H,29,30,32). The van der Waals surface area contributed by atoms with E-state index in [4.69, 9.17) is 9.15 Å². The number of benzene rings is 2. The molecule has 0 fully saturated rings. The summed E-state index contributed by atoms with van der Waals surface area (Å²) in [6, 6.07) is 17.0. The lowest BCUT2D eigenvalue weighted by Gasteiger charge is -2.04. The van der Waals surface area contributed by atoms with Crippen LogP contribution in [-0.4, -0.2) is 23.3 Å². The zero-order valence-electron chi connectivity index (χ0n) is 19.0. The summed E-state index contributed by atoms with van der Waals surface area (Å²) in [6.07, 6.45) is 1.75.